The van der Waals surface area contributed by atoms with Crippen LogP contribution in [-0.2, 0) is 6.42 Å². The Kier molecular flexibility index (Phi) is 4.30. The van der Waals surface area contributed by atoms with Crippen LogP contribution in [0.1, 0.15) is 38.2 Å². The number of rotatable bonds is 6. The van der Waals surface area contributed by atoms with Crippen molar-refractivity contribution in [3.8, 4) is 11.4 Å². The lowest BCUT2D eigenvalue weighted by Crippen LogP contribution is -1.89. The summed E-state index contributed by atoms with van der Waals surface area (Å²) < 4.78 is 0. The smallest absolute Gasteiger partial charge is 0.0880 e. The summed E-state index contributed by atoms with van der Waals surface area (Å²) in [5, 5.41) is 6.85. The molecule has 0 unspecified atom stereocenters. The highest BCUT2D eigenvalue weighted by atomic mass is 15.1. The summed E-state index contributed by atoms with van der Waals surface area (Å²) in [5.74, 6) is 0. The average Bonchev–Trinajstić information content (AvgIpc) is 2.89. The average molecular weight is 229 g/mol. The SMILES string of the molecule is CCCCCCc1ccc(-c2ccn[nH]2)nc1. The van der Waals surface area contributed by atoms with Crippen molar-refractivity contribution in [2.75, 3.05) is 0 Å². The molecule has 0 amide bonds. The summed E-state index contributed by atoms with van der Waals surface area (Å²) in [6.45, 7) is 2.24. The molecule has 2 aromatic heterocycles. The fraction of sp³-hybridized carbons (Fsp3) is 0.429. The van der Waals surface area contributed by atoms with Crippen molar-refractivity contribution in [2.24, 2.45) is 0 Å². The van der Waals surface area contributed by atoms with Crippen LogP contribution in [-0.4, -0.2) is 15.2 Å². The minimum atomic E-state index is 0.958. The number of nitrogens with zero attached hydrogens (tertiary/aromatic N) is 2. The first-order chi connectivity index (χ1) is 8.40. The number of H-pyrrole nitrogens is 1. The Balaban J connectivity index is 1.90. The summed E-state index contributed by atoms with van der Waals surface area (Å²) in [4.78, 5) is 4.45. The molecule has 3 heteroatoms. The monoisotopic (exact) mass is 229 g/mol. The number of aromatic amines is 1. The van der Waals surface area contributed by atoms with E-state index in [1.807, 2.05) is 12.3 Å². The molecule has 0 aliphatic heterocycles. The Hall–Kier alpha value is -1.64. The highest BCUT2D eigenvalue weighted by Gasteiger charge is 2.00. The van der Waals surface area contributed by atoms with Crippen LogP contribution in [0, 0.1) is 0 Å². The molecule has 0 fully saturated rings. The van der Waals surface area contributed by atoms with Gasteiger partial charge >= 0.3 is 0 Å². The lowest BCUT2D eigenvalue weighted by Gasteiger charge is -2.02. The van der Waals surface area contributed by atoms with Gasteiger partial charge in [-0.15, -0.1) is 0 Å². The molecule has 0 radical (unpaired) electrons. The van der Waals surface area contributed by atoms with E-state index >= 15 is 0 Å². The Morgan fingerprint density at radius 1 is 1.12 bits per heavy atom. The minimum absolute atomic E-state index is 0.958. The Bertz CT molecular complexity index is 417. The van der Waals surface area contributed by atoms with Crippen molar-refractivity contribution < 1.29 is 0 Å². The standard InChI is InChI=1S/C14H19N3/c1-2-3-4-5-6-12-7-8-13(15-11-12)14-9-10-16-17-14/h7-11H,2-6H2,1H3,(H,16,17). The van der Waals surface area contributed by atoms with Crippen LogP contribution < -0.4 is 0 Å². The van der Waals surface area contributed by atoms with Gasteiger partial charge in [0.2, 0.25) is 0 Å². The quantitative estimate of drug-likeness (QED) is 0.769. The molecule has 3 nitrogen and oxygen atoms in total. The van der Waals surface area contributed by atoms with Crippen molar-refractivity contribution in [2.45, 2.75) is 39.0 Å². The molecule has 0 aliphatic rings. The lowest BCUT2D eigenvalue weighted by atomic mass is 10.1. The van der Waals surface area contributed by atoms with Crippen molar-refractivity contribution in [1.82, 2.24) is 15.2 Å². The molecule has 0 aliphatic carbocycles. The maximum atomic E-state index is 4.45. The number of hydrogen-bond acceptors (Lipinski definition) is 2. The molecule has 2 rings (SSSR count). The second-order valence-electron chi connectivity index (χ2n) is 4.33. The Morgan fingerprint density at radius 3 is 2.71 bits per heavy atom. The molecule has 0 spiro atoms. The first-order valence-electron chi connectivity index (χ1n) is 6.35. The van der Waals surface area contributed by atoms with Gasteiger partial charge in [-0.25, -0.2) is 0 Å². The predicted molar refractivity (Wildman–Crippen MR) is 69.7 cm³/mol. The summed E-state index contributed by atoms with van der Waals surface area (Å²) in [7, 11) is 0. The van der Waals surface area contributed by atoms with E-state index in [1.54, 1.807) is 6.20 Å². The van der Waals surface area contributed by atoms with Crippen LogP contribution in [0.4, 0.5) is 0 Å². The zero-order chi connectivity index (χ0) is 11.9. The van der Waals surface area contributed by atoms with E-state index in [2.05, 4.69) is 34.2 Å². The topological polar surface area (TPSA) is 41.6 Å². The molecule has 90 valence electrons. The number of unbranched alkanes of at least 4 members (excludes halogenated alkanes) is 3. The minimum Gasteiger partial charge on any atom is -0.276 e. The molecule has 0 saturated carbocycles. The fourth-order valence-corrected chi connectivity index (χ4v) is 1.89. The summed E-state index contributed by atoms with van der Waals surface area (Å²) >= 11 is 0. The number of pyridine rings is 1. The van der Waals surface area contributed by atoms with Gasteiger partial charge in [-0.3, -0.25) is 10.1 Å². The van der Waals surface area contributed by atoms with Crippen molar-refractivity contribution in [3.63, 3.8) is 0 Å². The summed E-state index contributed by atoms with van der Waals surface area (Å²) in [6, 6.07) is 6.15. The first-order valence-corrected chi connectivity index (χ1v) is 6.35. The van der Waals surface area contributed by atoms with Crippen molar-refractivity contribution in [3.05, 3.63) is 36.2 Å². The third kappa shape index (κ3) is 3.41. The second-order valence-corrected chi connectivity index (χ2v) is 4.33. The largest absolute Gasteiger partial charge is 0.276 e. The third-order valence-electron chi connectivity index (χ3n) is 2.92. The molecule has 0 saturated heterocycles. The van der Waals surface area contributed by atoms with Gasteiger partial charge < -0.3 is 0 Å². The van der Waals surface area contributed by atoms with Gasteiger partial charge in [0, 0.05) is 12.4 Å². The van der Waals surface area contributed by atoms with E-state index in [4.69, 9.17) is 0 Å². The highest BCUT2D eigenvalue weighted by Crippen LogP contribution is 2.14. The van der Waals surface area contributed by atoms with Crippen LogP contribution in [0.25, 0.3) is 11.4 Å². The van der Waals surface area contributed by atoms with Gasteiger partial charge in [-0.1, -0.05) is 32.3 Å². The Labute approximate surface area is 102 Å². The maximum absolute atomic E-state index is 4.45. The molecule has 2 heterocycles. The zero-order valence-corrected chi connectivity index (χ0v) is 10.3. The van der Waals surface area contributed by atoms with Gasteiger partial charge in [0.05, 0.1) is 11.4 Å². The molecule has 0 atom stereocenters. The Morgan fingerprint density at radius 2 is 2.06 bits per heavy atom. The van der Waals surface area contributed by atoms with Crippen LogP contribution >= 0.6 is 0 Å². The van der Waals surface area contributed by atoms with Crippen LogP contribution in [0.5, 0.6) is 0 Å². The molecule has 17 heavy (non-hydrogen) atoms. The van der Waals surface area contributed by atoms with Gasteiger partial charge in [-0.05, 0) is 30.5 Å². The number of nitrogens with one attached hydrogen (secondary N) is 1. The van der Waals surface area contributed by atoms with E-state index in [9.17, 15) is 0 Å². The number of hydrogen-bond donors (Lipinski definition) is 1. The van der Waals surface area contributed by atoms with E-state index in [0.717, 1.165) is 17.8 Å². The van der Waals surface area contributed by atoms with Crippen LogP contribution in [0.15, 0.2) is 30.6 Å². The predicted octanol–water partition coefficient (Wildman–Crippen LogP) is 3.59. The van der Waals surface area contributed by atoms with E-state index in [0.29, 0.717) is 0 Å². The lowest BCUT2D eigenvalue weighted by molar-refractivity contribution is 0.666. The van der Waals surface area contributed by atoms with Gasteiger partial charge in [0.1, 0.15) is 0 Å². The van der Waals surface area contributed by atoms with Gasteiger partial charge in [0.25, 0.3) is 0 Å². The molecule has 0 bridgehead atoms. The number of aryl methyl sites for hydroxylation is 1. The normalized spacial score (nSPS) is 10.6. The molecule has 0 aromatic carbocycles. The van der Waals surface area contributed by atoms with Gasteiger partial charge in [-0.2, -0.15) is 5.10 Å². The molecule has 2 aromatic rings. The van der Waals surface area contributed by atoms with Crippen molar-refractivity contribution in [1.29, 1.82) is 0 Å². The van der Waals surface area contributed by atoms with E-state index < -0.39 is 0 Å². The number of aromatic nitrogens is 3. The molecular weight excluding hydrogens is 210 g/mol. The second kappa shape index (κ2) is 6.18. The van der Waals surface area contributed by atoms with Crippen LogP contribution in [0.3, 0.4) is 0 Å². The summed E-state index contributed by atoms with van der Waals surface area (Å²) in [5.41, 5.74) is 3.26. The van der Waals surface area contributed by atoms with E-state index in [-0.39, 0.29) is 0 Å². The fourth-order valence-electron chi connectivity index (χ4n) is 1.89. The van der Waals surface area contributed by atoms with Crippen LogP contribution in [0.2, 0.25) is 0 Å². The molecule has 1 N–H and O–H groups in total. The maximum Gasteiger partial charge on any atom is 0.0880 e. The van der Waals surface area contributed by atoms with Crippen molar-refractivity contribution >= 4 is 0 Å². The first kappa shape index (κ1) is 11.8. The third-order valence-corrected chi connectivity index (χ3v) is 2.92. The van der Waals surface area contributed by atoms with E-state index in [1.165, 1.54) is 31.2 Å². The van der Waals surface area contributed by atoms with Gasteiger partial charge in [0.15, 0.2) is 0 Å². The molecular formula is C14H19N3. The zero-order valence-electron chi connectivity index (χ0n) is 10.3. The highest BCUT2D eigenvalue weighted by molar-refractivity contribution is 5.52. The summed E-state index contributed by atoms with van der Waals surface area (Å²) in [6.07, 6.45) is 10.1.